The molecule has 0 fully saturated rings. The van der Waals surface area contributed by atoms with Gasteiger partial charge in [-0.3, -0.25) is 4.79 Å². The van der Waals surface area contributed by atoms with Gasteiger partial charge in [-0.2, -0.15) is 0 Å². The second-order valence-corrected chi connectivity index (χ2v) is 2.21. The fourth-order valence-corrected chi connectivity index (χ4v) is 0.606. The first kappa shape index (κ1) is 9.21. The lowest BCUT2D eigenvalue weighted by Crippen LogP contribution is -1.93. The van der Waals surface area contributed by atoms with Crippen molar-refractivity contribution in [3.05, 3.63) is 11.8 Å². The highest BCUT2D eigenvalue weighted by atomic mass is 16.3. The molecule has 0 aromatic carbocycles. The van der Waals surface area contributed by atoms with E-state index in [-0.39, 0.29) is 11.5 Å². The van der Waals surface area contributed by atoms with E-state index in [4.69, 9.17) is 5.11 Å². The molecule has 58 valence electrons. The molecule has 0 atom stereocenters. The number of allylic oxidation sites excluding steroid dienone is 2. The zero-order chi connectivity index (χ0) is 7.98. The maximum Gasteiger partial charge on any atom is 0.159 e. The van der Waals surface area contributed by atoms with E-state index in [1.165, 1.54) is 6.08 Å². The molecule has 0 aliphatic carbocycles. The van der Waals surface area contributed by atoms with Crippen LogP contribution in [0.25, 0.3) is 0 Å². The largest absolute Gasteiger partial charge is 0.512 e. The number of carbonyl (C=O) groups excluding carboxylic acids is 1. The number of carbonyl (C=O) groups is 1. The minimum Gasteiger partial charge on any atom is -0.512 e. The molecule has 1 N–H and O–H groups in total. The molecule has 0 saturated carbocycles. The van der Waals surface area contributed by atoms with Crippen molar-refractivity contribution in [2.75, 3.05) is 0 Å². The molecule has 2 nitrogen and oxygen atoms in total. The molecule has 0 radical (unpaired) electrons. The molecular weight excluding hydrogens is 128 g/mol. The monoisotopic (exact) mass is 142 g/mol. The summed E-state index contributed by atoms with van der Waals surface area (Å²) in [6.07, 6.45) is 3.22. The number of aliphatic hydroxyl groups excluding tert-OH is 1. The lowest BCUT2D eigenvalue weighted by molar-refractivity contribution is -0.114. The Labute approximate surface area is 61.6 Å². The van der Waals surface area contributed by atoms with E-state index in [1.807, 2.05) is 13.8 Å². The topological polar surface area (TPSA) is 37.3 Å². The first-order chi connectivity index (χ1) is 4.70. The summed E-state index contributed by atoms with van der Waals surface area (Å²) in [5.41, 5.74) is 0. The Bertz CT molecular complexity index is 136. The fraction of sp³-hybridized carbons (Fsp3) is 0.625. The third-order valence-corrected chi connectivity index (χ3v) is 1.19. The maximum absolute atomic E-state index is 10.8. The Hall–Kier alpha value is -0.790. The second kappa shape index (κ2) is 5.03. The third-order valence-electron chi connectivity index (χ3n) is 1.19. The van der Waals surface area contributed by atoms with Gasteiger partial charge >= 0.3 is 0 Å². The summed E-state index contributed by atoms with van der Waals surface area (Å²) >= 11 is 0. The van der Waals surface area contributed by atoms with Gasteiger partial charge in [0, 0.05) is 18.9 Å². The second-order valence-electron chi connectivity index (χ2n) is 2.21. The molecule has 0 saturated heterocycles. The predicted molar refractivity (Wildman–Crippen MR) is 40.9 cm³/mol. The molecule has 0 aromatic heterocycles. The van der Waals surface area contributed by atoms with Crippen LogP contribution in [-0.2, 0) is 4.79 Å². The van der Waals surface area contributed by atoms with E-state index in [9.17, 15) is 4.79 Å². The zero-order valence-corrected chi connectivity index (χ0v) is 6.55. The van der Waals surface area contributed by atoms with Crippen LogP contribution in [0.2, 0.25) is 0 Å². The first-order valence-corrected chi connectivity index (χ1v) is 3.63. The molecule has 0 spiro atoms. The summed E-state index contributed by atoms with van der Waals surface area (Å²) in [5, 5.41) is 8.90. The average Bonchev–Trinajstić information content (AvgIpc) is 1.88. The average molecular weight is 142 g/mol. The van der Waals surface area contributed by atoms with Crippen LogP contribution in [0.15, 0.2) is 11.8 Å². The van der Waals surface area contributed by atoms with Gasteiger partial charge in [0.2, 0.25) is 0 Å². The molecule has 0 amide bonds. The van der Waals surface area contributed by atoms with Crippen LogP contribution in [0, 0.1) is 0 Å². The van der Waals surface area contributed by atoms with Gasteiger partial charge in [-0.15, -0.1) is 0 Å². The van der Waals surface area contributed by atoms with Gasteiger partial charge in [-0.25, -0.2) is 0 Å². The number of rotatable bonds is 4. The van der Waals surface area contributed by atoms with Gasteiger partial charge in [0.15, 0.2) is 5.78 Å². The highest BCUT2D eigenvalue weighted by molar-refractivity contribution is 5.89. The summed E-state index contributed by atoms with van der Waals surface area (Å²) in [7, 11) is 0. The van der Waals surface area contributed by atoms with Crippen LogP contribution in [-0.4, -0.2) is 10.9 Å². The summed E-state index contributed by atoms with van der Waals surface area (Å²) in [6, 6.07) is 0. The van der Waals surface area contributed by atoms with E-state index in [0.717, 1.165) is 6.42 Å². The SMILES string of the molecule is CCCC(=O)/C=C(/O)CC. The minimum atomic E-state index is 0.0156. The highest BCUT2D eigenvalue weighted by Crippen LogP contribution is 1.97. The Morgan fingerprint density at radius 3 is 2.50 bits per heavy atom. The van der Waals surface area contributed by atoms with Crippen molar-refractivity contribution in [2.24, 2.45) is 0 Å². The van der Waals surface area contributed by atoms with Gasteiger partial charge in [-0.1, -0.05) is 13.8 Å². The number of aliphatic hydroxyl groups is 1. The van der Waals surface area contributed by atoms with Gasteiger partial charge in [0.1, 0.15) is 0 Å². The molecule has 2 heteroatoms. The van der Waals surface area contributed by atoms with Crippen LogP contribution >= 0.6 is 0 Å². The van der Waals surface area contributed by atoms with Crippen molar-refractivity contribution in [3.8, 4) is 0 Å². The van der Waals surface area contributed by atoms with Gasteiger partial charge in [-0.05, 0) is 6.42 Å². The fourth-order valence-electron chi connectivity index (χ4n) is 0.606. The quantitative estimate of drug-likeness (QED) is 0.482. The van der Waals surface area contributed by atoms with E-state index >= 15 is 0 Å². The van der Waals surface area contributed by atoms with Gasteiger partial charge in [0.25, 0.3) is 0 Å². The first-order valence-electron chi connectivity index (χ1n) is 3.63. The third kappa shape index (κ3) is 4.13. The van der Waals surface area contributed by atoms with Crippen molar-refractivity contribution in [1.82, 2.24) is 0 Å². The molecule has 0 unspecified atom stereocenters. The van der Waals surface area contributed by atoms with E-state index in [2.05, 4.69) is 0 Å². The van der Waals surface area contributed by atoms with Crippen molar-refractivity contribution in [3.63, 3.8) is 0 Å². The van der Waals surface area contributed by atoms with Crippen LogP contribution in [0.3, 0.4) is 0 Å². The Balaban J connectivity index is 3.75. The van der Waals surface area contributed by atoms with Crippen molar-refractivity contribution >= 4 is 5.78 Å². The standard InChI is InChI=1S/C8H14O2/c1-3-5-8(10)6-7(9)4-2/h6,9H,3-5H2,1-2H3/b7-6+. The van der Waals surface area contributed by atoms with Crippen LogP contribution in [0.5, 0.6) is 0 Å². The summed E-state index contributed by atoms with van der Waals surface area (Å²) < 4.78 is 0. The lowest BCUT2D eigenvalue weighted by Gasteiger charge is -1.92. The molecule has 10 heavy (non-hydrogen) atoms. The Kier molecular flexibility index (Phi) is 4.63. The van der Waals surface area contributed by atoms with Crippen molar-refractivity contribution in [2.45, 2.75) is 33.1 Å². The molecule has 0 aliphatic heterocycles. The number of ketones is 1. The van der Waals surface area contributed by atoms with Crippen LogP contribution in [0.1, 0.15) is 33.1 Å². The van der Waals surface area contributed by atoms with Crippen LogP contribution < -0.4 is 0 Å². The maximum atomic E-state index is 10.8. The lowest BCUT2D eigenvalue weighted by atomic mass is 10.2. The summed E-state index contributed by atoms with van der Waals surface area (Å²) in [5.74, 6) is 0.195. The molecule has 0 bridgehead atoms. The van der Waals surface area contributed by atoms with Gasteiger partial charge < -0.3 is 5.11 Å². The summed E-state index contributed by atoms with van der Waals surface area (Å²) in [6.45, 7) is 3.75. The normalized spacial score (nSPS) is 11.6. The predicted octanol–water partition coefficient (Wildman–Crippen LogP) is 2.21. The molecule has 0 aromatic rings. The van der Waals surface area contributed by atoms with E-state index in [0.29, 0.717) is 12.8 Å². The Morgan fingerprint density at radius 1 is 1.50 bits per heavy atom. The molecule has 0 aliphatic rings. The van der Waals surface area contributed by atoms with Crippen molar-refractivity contribution < 1.29 is 9.90 Å². The number of hydrogen-bond donors (Lipinski definition) is 1. The molecular formula is C8H14O2. The van der Waals surface area contributed by atoms with E-state index in [1.54, 1.807) is 0 Å². The van der Waals surface area contributed by atoms with Gasteiger partial charge in [0.05, 0.1) is 5.76 Å². The summed E-state index contributed by atoms with van der Waals surface area (Å²) in [4.78, 5) is 10.8. The minimum absolute atomic E-state index is 0.0156. The molecule has 0 rings (SSSR count). The highest BCUT2D eigenvalue weighted by Gasteiger charge is 1.96. The number of hydrogen-bond acceptors (Lipinski definition) is 2. The van der Waals surface area contributed by atoms with Crippen molar-refractivity contribution in [1.29, 1.82) is 0 Å². The molecule has 0 heterocycles. The van der Waals surface area contributed by atoms with Crippen LogP contribution in [0.4, 0.5) is 0 Å². The zero-order valence-electron chi connectivity index (χ0n) is 6.55. The van der Waals surface area contributed by atoms with E-state index < -0.39 is 0 Å². The Morgan fingerprint density at radius 2 is 2.10 bits per heavy atom. The smallest absolute Gasteiger partial charge is 0.159 e.